The first-order chi connectivity index (χ1) is 9.68. The fourth-order valence-corrected chi connectivity index (χ4v) is 5.04. The Kier molecular flexibility index (Phi) is 4.40. The molecule has 2 N–H and O–H groups in total. The molecule has 1 atom stereocenters. The topological polar surface area (TPSA) is 32.5 Å². The molecule has 3 heteroatoms. The molecule has 2 aliphatic heterocycles. The van der Waals surface area contributed by atoms with Gasteiger partial charge in [0, 0.05) is 12.1 Å². The molecule has 1 aliphatic carbocycles. The van der Waals surface area contributed by atoms with E-state index in [1.807, 2.05) is 0 Å². The minimum Gasteiger partial charge on any atom is -0.329 e. The van der Waals surface area contributed by atoms with Crippen molar-refractivity contribution in [1.82, 2.24) is 9.80 Å². The fourth-order valence-electron chi connectivity index (χ4n) is 5.04. The predicted molar refractivity (Wildman–Crippen MR) is 84.8 cm³/mol. The normalized spacial score (nSPS) is 36.3. The third-order valence-electron chi connectivity index (χ3n) is 6.68. The number of hydrogen-bond donors (Lipinski definition) is 1. The van der Waals surface area contributed by atoms with E-state index in [2.05, 4.69) is 16.8 Å². The van der Waals surface area contributed by atoms with Crippen molar-refractivity contribution in [3.63, 3.8) is 0 Å². The van der Waals surface area contributed by atoms with Crippen LogP contribution in [0.1, 0.15) is 57.8 Å². The van der Waals surface area contributed by atoms with E-state index in [-0.39, 0.29) is 0 Å². The number of likely N-dealkylation sites (tertiary alicyclic amines) is 2. The lowest BCUT2D eigenvalue weighted by molar-refractivity contribution is 0.0137. The van der Waals surface area contributed by atoms with E-state index in [1.165, 1.54) is 84.0 Å². The molecule has 0 amide bonds. The van der Waals surface area contributed by atoms with Gasteiger partial charge in [0.2, 0.25) is 0 Å². The van der Waals surface area contributed by atoms with Crippen molar-refractivity contribution in [2.24, 2.45) is 11.1 Å². The van der Waals surface area contributed by atoms with Crippen LogP contribution in [0.15, 0.2) is 0 Å². The Bertz CT molecular complexity index is 314. The highest BCUT2D eigenvalue weighted by Gasteiger charge is 2.43. The summed E-state index contributed by atoms with van der Waals surface area (Å²) in [6, 6.07) is 0. The van der Waals surface area contributed by atoms with Crippen molar-refractivity contribution >= 4 is 0 Å². The number of hydrogen-bond acceptors (Lipinski definition) is 3. The van der Waals surface area contributed by atoms with Crippen LogP contribution in [0.25, 0.3) is 0 Å². The van der Waals surface area contributed by atoms with Gasteiger partial charge in [-0.25, -0.2) is 0 Å². The molecule has 2 saturated heterocycles. The first-order valence-corrected chi connectivity index (χ1v) is 8.82. The van der Waals surface area contributed by atoms with Crippen LogP contribution in [0.3, 0.4) is 0 Å². The van der Waals surface area contributed by atoms with E-state index in [1.54, 1.807) is 0 Å². The SMILES string of the molecule is CN1CCCC(CN)(N2CCC3(CCCC3)CC2)CC1. The molecule has 1 spiro atoms. The summed E-state index contributed by atoms with van der Waals surface area (Å²) in [5, 5.41) is 0. The van der Waals surface area contributed by atoms with Crippen LogP contribution in [0.2, 0.25) is 0 Å². The van der Waals surface area contributed by atoms with Gasteiger partial charge in [0.25, 0.3) is 0 Å². The van der Waals surface area contributed by atoms with Crippen LogP contribution in [-0.2, 0) is 0 Å². The molecule has 0 radical (unpaired) electrons. The van der Waals surface area contributed by atoms with Crippen molar-refractivity contribution in [1.29, 1.82) is 0 Å². The van der Waals surface area contributed by atoms with Crippen LogP contribution in [0, 0.1) is 5.41 Å². The smallest absolute Gasteiger partial charge is 0.0344 e. The maximum Gasteiger partial charge on any atom is 0.0344 e. The Morgan fingerprint density at radius 2 is 1.50 bits per heavy atom. The summed E-state index contributed by atoms with van der Waals surface area (Å²) in [5.74, 6) is 0. The quantitative estimate of drug-likeness (QED) is 0.843. The standard InChI is InChI=1S/C17H33N3/c1-19-11-4-7-17(15-18,10-12-19)20-13-8-16(9-14-20)5-2-3-6-16/h2-15,18H2,1H3. The summed E-state index contributed by atoms with van der Waals surface area (Å²) >= 11 is 0. The first kappa shape index (κ1) is 14.8. The molecular weight excluding hydrogens is 246 g/mol. The molecule has 0 aromatic rings. The zero-order valence-electron chi connectivity index (χ0n) is 13.4. The lowest BCUT2D eigenvalue weighted by atomic mass is 9.75. The van der Waals surface area contributed by atoms with Gasteiger partial charge < -0.3 is 10.6 Å². The van der Waals surface area contributed by atoms with Crippen molar-refractivity contribution in [2.75, 3.05) is 39.8 Å². The number of rotatable bonds is 2. The van der Waals surface area contributed by atoms with Crippen LogP contribution in [0.4, 0.5) is 0 Å². The van der Waals surface area contributed by atoms with Crippen LogP contribution < -0.4 is 5.73 Å². The van der Waals surface area contributed by atoms with E-state index >= 15 is 0 Å². The Morgan fingerprint density at radius 3 is 2.15 bits per heavy atom. The molecule has 20 heavy (non-hydrogen) atoms. The summed E-state index contributed by atoms with van der Waals surface area (Å²) in [7, 11) is 2.26. The molecule has 1 unspecified atom stereocenters. The Morgan fingerprint density at radius 1 is 0.800 bits per heavy atom. The number of nitrogens with zero attached hydrogens (tertiary/aromatic N) is 2. The largest absolute Gasteiger partial charge is 0.329 e. The molecule has 3 nitrogen and oxygen atoms in total. The summed E-state index contributed by atoms with van der Waals surface area (Å²) in [6.07, 6.45) is 12.7. The average Bonchev–Trinajstić information content (AvgIpc) is 2.83. The van der Waals surface area contributed by atoms with E-state index in [4.69, 9.17) is 5.73 Å². The molecule has 1 saturated carbocycles. The average molecular weight is 279 g/mol. The van der Waals surface area contributed by atoms with Gasteiger partial charge in [0.05, 0.1) is 0 Å². The van der Waals surface area contributed by atoms with Gasteiger partial charge in [-0.15, -0.1) is 0 Å². The second-order valence-electron chi connectivity index (χ2n) is 7.78. The monoisotopic (exact) mass is 279 g/mol. The second-order valence-corrected chi connectivity index (χ2v) is 7.78. The van der Waals surface area contributed by atoms with Gasteiger partial charge in [-0.2, -0.15) is 0 Å². The molecule has 0 aromatic carbocycles. The van der Waals surface area contributed by atoms with Crippen molar-refractivity contribution in [2.45, 2.75) is 63.3 Å². The number of nitrogens with two attached hydrogens (primary N) is 1. The summed E-state index contributed by atoms with van der Waals surface area (Å²) in [5.41, 5.74) is 7.31. The third-order valence-corrected chi connectivity index (χ3v) is 6.68. The minimum absolute atomic E-state index is 0.310. The zero-order valence-corrected chi connectivity index (χ0v) is 13.4. The first-order valence-electron chi connectivity index (χ1n) is 8.82. The van der Waals surface area contributed by atoms with Gasteiger partial charge in [-0.1, -0.05) is 12.8 Å². The maximum atomic E-state index is 6.27. The predicted octanol–water partition coefficient (Wildman–Crippen LogP) is 2.46. The highest BCUT2D eigenvalue weighted by molar-refractivity contribution is 4.99. The molecule has 3 rings (SSSR count). The second kappa shape index (κ2) is 5.94. The van der Waals surface area contributed by atoms with E-state index in [9.17, 15) is 0 Å². The molecule has 3 fully saturated rings. The van der Waals surface area contributed by atoms with Crippen molar-refractivity contribution in [3.8, 4) is 0 Å². The van der Waals surface area contributed by atoms with Crippen LogP contribution >= 0.6 is 0 Å². The van der Waals surface area contributed by atoms with Gasteiger partial charge in [-0.3, -0.25) is 4.90 Å². The van der Waals surface area contributed by atoms with Crippen LogP contribution in [0.5, 0.6) is 0 Å². The molecule has 0 aromatic heterocycles. The van der Waals surface area contributed by atoms with Gasteiger partial charge in [0.15, 0.2) is 0 Å². The third kappa shape index (κ3) is 2.77. The highest BCUT2D eigenvalue weighted by atomic mass is 15.2. The summed E-state index contributed by atoms with van der Waals surface area (Å²) < 4.78 is 0. The van der Waals surface area contributed by atoms with Crippen LogP contribution in [-0.4, -0.2) is 55.1 Å². The van der Waals surface area contributed by atoms with Crippen molar-refractivity contribution in [3.05, 3.63) is 0 Å². The highest BCUT2D eigenvalue weighted by Crippen LogP contribution is 2.47. The molecule has 116 valence electrons. The minimum atomic E-state index is 0.310. The molecule has 2 heterocycles. The van der Waals surface area contributed by atoms with E-state index in [0.29, 0.717) is 5.54 Å². The van der Waals surface area contributed by atoms with E-state index < -0.39 is 0 Å². The zero-order chi connectivity index (χ0) is 14.1. The summed E-state index contributed by atoms with van der Waals surface area (Å²) in [6.45, 7) is 5.94. The number of piperidine rings is 1. The molecular formula is C17H33N3. The molecule has 3 aliphatic rings. The fraction of sp³-hybridized carbons (Fsp3) is 1.00. The van der Waals surface area contributed by atoms with Gasteiger partial charge in [-0.05, 0) is 83.6 Å². The van der Waals surface area contributed by atoms with Crippen molar-refractivity contribution < 1.29 is 0 Å². The van der Waals surface area contributed by atoms with Gasteiger partial charge >= 0.3 is 0 Å². The Labute approximate surface area is 124 Å². The molecule has 0 bridgehead atoms. The lowest BCUT2D eigenvalue weighted by Gasteiger charge is -2.49. The maximum absolute atomic E-state index is 6.27. The Hall–Kier alpha value is -0.120. The Balaban J connectivity index is 1.65. The summed E-state index contributed by atoms with van der Waals surface area (Å²) in [4.78, 5) is 5.27. The van der Waals surface area contributed by atoms with Gasteiger partial charge in [0.1, 0.15) is 0 Å². The lowest BCUT2D eigenvalue weighted by Crippen LogP contribution is -2.57. The van der Waals surface area contributed by atoms with E-state index in [0.717, 1.165) is 12.0 Å².